The van der Waals surface area contributed by atoms with Crippen LogP contribution in [-0.2, 0) is 0 Å². The number of hydrogen-bond acceptors (Lipinski definition) is 2. The van der Waals surface area contributed by atoms with Gasteiger partial charge in [-0.2, -0.15) is 0 Å². The van der Waals surface area contributed by atoms with Crippen molar-refractivity contribution in [2.24, 2.45) is 0 Å². The third kappa shape index (κ3) is 2.65. The summed E-state index contributed by atoms with van der Waals surface area (Å²) in [5.74, 6) is 0. The van der Waals surface area contributed by atoms with Crippen molar-refractivity contribution in [3.63, 3.8) is 0 Å². The van der Waals surface area contributed by atoms with Crippen molar-refractivity contribution < 1.29 is 0 Å². The molecule has 0 aliphatic heterocycles. The van der Waals surface area contributed by atoms with E-state index in [1.807, 2.05) is 12.1 Å². The lowest BCUT2D eigenvalue weighted by molar-refractivity contribution is 0.713. The second-order valence-electron chi connectivity index (χ2n) is 4.37. The second kappa shape index (κ2) is 4.56. The Balaban J connectivity index is 2.06. The fourth-order valence-electron chi connectivity index (χ4n) is 1.90. The molecule has 1 aromatic rings. The van der Waals surface area contributed by atoms with Crippen LogP contribution in [0.25, 0.3) is 0 Å². The maximum absolute atomic E-state index is 5.70. The molecule has 0 heterocycles. The molecule has 0 aromatic heterocycles. The number of rotatable bonds is 5. The number of hydrogen-bond donors (Lipinski definition) is 1. The molecule has 2 rings (SSSR count). The Morgan fingerprint density at radius 2 is 1.93 bits per heavy atom. The van der Waals surface area contributed by atoms with Crippen LogP contribution in [0.2, 0.25) is 0 Å². The summed E-state index contributed by atoms with van der Waals surface area (Å²) in [5.41, 5.74) is 7.89. The molecule has 0 radical (unpaired) electrons. The fraction of sp³-hybridized carbons (Fsp3) is 0.538. The van der Waals surface area contributed by atoms with Gasteiger partial charge < -0.3 is 10.6 Å². The summed E-state index contributed by atoms with van der Waals surface area (Å²) in [7, 11) is 0. The van der Waals surface area contributed by atoms with Gasteiger partial charge >= 0.3 is 0 Å². The lowest BCUT2D eigenvalue weighted by atomic mass is 10.2. The van der Waals surface area contributed by atoms with Gasteiger partial charge in [-0.25, -0.2) is 0 Å². The number of unbranched alkanes of at least 4 members (excludes halogenated alkanes) is 1. The molecule has 1 aromatic carbocycles. The van der Waals surface area contributed by atoms with Gasteiger partial charge in [-0.05, 0) is 43.5 Å². The first-order valence-corrected chi connectivity index (χ1v) is 5.93. The van der Waals surface area contributed by atoms with E-state index >= 15 is 0 Å². The highest BCUT2D eigenvalue weighted by atomic mass is 15.2. The molecule has 2 N–H and O–H groups in total. The summed E-state index contributed by atoms with van der Waals surface area (Å²) in [4.78, 5) is 2.53. The molecule has 2 heteroatoms. The number of benzene rings is 1. The van der Waals surface area contributed by atoms with Gasteiger partial charge in [-0.1, -0.05) is 13.3 Å². The molecule has 0 atom stereocenters. The number of nitrogens with two attached hydrogens (primary N) is 1. The highest BCUT2D eigenvalue weighted by molar-refractivity contribution is 5.54. The normalized spacial score (nSPS) is 15.3. The highest BCUT2D eigenvalue weighted by Gasteiger charge is 2.28. The van der Waals surface area contributed by atoms with Gasteiger partial charge in [0.1, 0.15) is 0 Å². The van der Waals surface area contributed by atoms with Gasteiger partial charge in [-0.15, -0.1) is 0 Å². The molecule has 82 valence electrons. The topological polar surface area (TPSA) is 29.3 Å². The van der Waals surface area contributed by atoms with Crippen LogP contribution in [0.1, 0.15) is 32.6 Å². The molecule has 1 fully saturated rings. The number of nitrogens with zero attached hydrogens (tertiary/aromatic N) is 1. The van der Waals surface area contributed by atoms with E-state index in [1.54, 1.807) is 0 Å². The van der Waals surface area contributed by atoms with Crippen LogP contribution in [0.15, 0.2) is 24.3 Å². The largest absolute Gasteiger partial charge is 0.399 e. The minimum Gasteiger partial charge on any atom is -0.399 e. The highest BCUT2D eigenvalue weighted by Crippen LogP contribution is 2.32. The lowest BCUT2D eigenvalue weighted by Gasteiger charge is -2.24. The average molecular weight is 204 g/mol. The monoisotopic (exact) mass is 204 g/mol. The Hall–Kier alpha value is -1.18. The van der Waals surface area contributed by atoms with E-state index in [1.165, 1.54) is 37.9 Å². The Bertz CT molecular complexity index is 301. The van der Waals surface area contributed by atoms with Crippen molar-refractivity contribution in [2.45, 2.75) is 38.6 Å². The molecule has 15 heavy (non-hydrogen) atoms. The van der Waals surface area contributed by atoms with Gasteiger partial charge in [0.15, 0.2) is 0 Å². The van der Waals surface area contributed by atoms with Crippen LogP contribution in [-0.4, -0.2) is 12.6 Å². The number of nitrogen functional groups attached to an aromatic ring is 1. The van der Waals surface area contributed by atoms with E-state index in [4.69, 9.17) is 5.73 Å². The van der Waals surface area contributed by atoms with Crippen LogP contribution < -0.4 is 10.6 Å². The molecule has 0 spiro atoms. The second-order valence-corrected chi connectivity index (χ2v) is 4.37. The third-order valence-electron chi connectivity index (χ3n) is 2.96. The third-order valence-corrected chi connectivity index (χ3v) is 2.96. The van der Waals surface area contributed by atoms with Gasteiger partial charge in [0, 0.05) is 24.0 Å². The first-order valence-electron chi connectivity index (χ1n) is 5.93. The summed E-state index contributed by atoms with van der Waals surface area (Å²) in [5, 5.41) is 0. The minimum absolute atomic E-state index is 0.792. The van der Waals surface area contributed by atoms with Gasteiger partial charge in [0.25, 0.3) is 0 Å². The number of anilines is 2. The molecule has 1 aliphatic rings. The molecule has 0 saturated heterocycles. The predicted molar refractivity (Wildman–Crippen MR) is 66.1 cm³/mol. The van der Waals surface area contributed by atoms with E-state index in [0.717, 1.165) is 11.7 Å². The zero-order valence-corrected chi connectivity index (χ0v) is 9.45. The van der Waals surface area contributed by atoms with Crippen molar-refractivity contribution in [3.8, 4) is 0 Å². The molecule has 1 saturated carbocycles. The maximum Gasteiger partial charge on any atom is 0.0370 e. The van der Waals surface area contributed by atoms with Gasteiger partial charge in [-0.3, -0.25) is 0 Å². The molecular formula is C13H20N2. The van der Waals surface area contributed by atoms with E-state index in [0.29, 0.717) is 0 Å². The maximum atomic E-state index is 5.70. The van der Waals surface area contributed by atoms with Crippen LogP contribution in [0.4, 0.5) is 11.4 Å². The van der Waals surface area contributed by atoms with Crippen LogP contribution in [0.5, 0.6) is 0 Å². The van der Waals surface area contributed by atoms with Gasteiger partial charge in [0.2, 0.25) is 0 Å². The summed E-state index contributed by atoms with van der Waals surface area (Å²) in [6, 6.07) is 9.07. The van der Waals surface area contributed by atoms with Crippen molar-refractivity contribution in [1.82, 2.24) is 0 Å². The van der Waals surface area contributed by atoms with E-state index < -0.39 is 0 Å². The Labute approximate surface area is 92.1 Å². The summed E-state index contributed by atoms with van der Waals surface area (Å²) < 4.78 is 0. The van der Waals surface area contributed by atoms with Gasteiger partial charge in [0.05, 0.1) is 0 Å². The Kier molecular flexibility index (Phi) is 3.14. The summed E-state index contributed by atoms with van der Waals surface area (Å²) >= 11 is 0. The molecule has 0 amide bonds. The summed E-state index contributed by atoms with van der Waals surface area (Å²) in [6.07, 6.45) is 5.25. The van der Waals surface area contributed by atoms with Crippen molar-refractivity contribution in [2.75, 3.05) is 17.2 Å². The van der Waals surface area contributed by atoms with Crippen molar-refractivity contribution in [1.29, 1.82) is 0 Å². The van der Waals surface area contributed by atoms with Crippen molar-refractivity contribution >= 4 is 11.4 Å². The standard InChI is InChI=1S/C13H20N2/c1-2-3-10-15(13-8-9-13)12-6-4-11(14)5-7-12/h4-7,13H,2-3,8-10,14H2,1H3. The van der Waals surface area contributed by atoms with Crippen LogP contribution in [0.3, 0.4) is 0 Å². The van der Waals surface area contributed by atoms with E-state index in [2.05, 4.69) is 24.0 Å². The smallest absolute Gasteiger partial charge is 0.0370 e. The van der Waals surface area contributed by atoms with E-state index in [-0.39, 0.29) is 0 Å². The van der Waals surface area contributed by atoms with Crippen LogP contribution in [0, 0.1) is 0 Å². The first-order chi connectivity index (χ1) is 7.31. The lowest BCUT2D eigenvalue weighted by Crippen LogP contribution is -2.26. The summed E-state index contributed by atoms with van der Waals surface area (Å²) in [6.45, 7) is 3.43. The predicted octanol–water partition coefficient (Wildman–Crippen LogP) is 3.04. The zero-order chi connectivity index (χ0) is 10.7. The van der Waals surface area contributed by atoms with E-state index in [9.17, 15) is 0 Å². The van der Waals surface area contributed by atoms with Crippen LogP contribution >= 0.6 is 0 Å². The Morgan fingerprint density at radius 3 is 2.47 bits per heavy atom. The Morgan fingerprint density at radius 1 is 1.27 bits per heavy atom. The quantitative estimate of drug-likeness (QED) is 0.747. The SMILES string of the molecule is CCCCN(c1ccc(N)cc1)C1CC1. The van der Waals surface area contributed by atoms with Crippen molar-refractivity contribution in [3.05, 3.63) is 24.3 Å². The minimum atomic E-state index is 0.792. The fourth-order valence-corrected chi connectivity index (χ4v) is 1.90. The first kappa shape index (κ1) is 10.3. The molecule has 0 unspecified atom stereocenters. The molecule has 2 nitrogen and oxygen atoms in total. The molecular weight excluding hydrogens is 184 g/mol. The zero-order valence-electron chi connectivity index (χ0n) is 9.45. The molecule has 0 bridgehead atoms. The average Bonchev–Trinajstić information content (AvgIpc) is 3.05. The molecule has 1 aliphatic carbocycles.